The predicted octanol–water partition coefficient (Wildman–Crippen LogP) is 3.37. The standard InChI is InChI=1S/C20H28O5/c1-6-11(2)16(21)23-15-8-7-12(3)18(5)10-19-13(4)17(22)24-20(19,25-19)9-14(15)18/h6,12-15H,7-10H2,1-5H3/t12-,13-,14-,15+,18+,19-,20-/m0/s1. The first-order valence-electron chi connectivity index (χ1n) is 9.46. The number of hydrogen-bond donors (Lipinski definition) is 0. The van der Waals surface area contributed by atoms with Gasteiger partial charge in [0.25, 0.3) is 0 Å². The second-order valence-electron chi connectivity index (χ2n) is 8.77. The molecule has 4 aliphatic rings. The lowest BCUT2D eigenvalue weighted by Crippen LogP contribution is -2.55. The van der Waals surface area contributed by atoms with Crippen LogP contribution >= 0.6 is 0 Å². The highest BCUT2D eigenvalue weighted by molar-refractivity contribution is 5.87. The van der Waals surface area contributed by atoms with Crippen molar-refractivity contribution >= 4 is 11.9 Å². The molecule has 0 spiro atoms. The first-order chi connectivity index (χ1) is 11.7. The largest absolute Gasteiger partial charge is 0.459 e. The zero-order valence-electron chi connectivity index (χ0n) is 15.8. The van der Waals surface area contributed by atoms with Crippen LogP contribution in [0.2, 0.25) is 0 Å². The highest BCUT2D eigenvalue weighted by Gasteiger charge is 2.86. The lowest BCUT2D eigenvalue weighted by molar-refractivity contribution is -0.173. The fourth-order valence-corrected chi connectivity index (χ4v) is 5.57. The minimum atomic E-state index is -0.773. The van der Waals surface area contributed by atoms with Crippen LogP contribution in [0.4, 0.5) is 0 Å². The Morgan fingerprint density at radius 3 is 2.72 bits per heavy atom. The van der Waals surface area contributed by atoms with E-state index in [1.54, 1.807) is 13.0 Å². The number of ether oxygens (including phenoxy) is 3. The number of carbonyl (C=O) groups excluding carboxylic acids is 2. The van der Waals surface area contributed by atoms with E-state index in [1.807, 2.05) is 13.8 Å². The van der Waals surface area contributed by atoms with Crippen molar-refractivity contribution in [3.8, 4) is 0 Å². The predicted molar refractivity (Wildman–Crippen MR) is 90.3 cm³/mol. The quantitative estimate of drug-likeness (QED) is 0.435. The number of fused-ring (bicyclic) bond motifs is 1. The Morgan fingerprint density at radius 1 is 1.32 bits per heavy atom. The van der Waals surface area contributed by atoms with Gasteiger partial charge in [-0.2, -0.15) is 0 Å². The number of allylic oxidation sites excluding steroid dienone is 1. The smallest absolute Gasteiger partial charge is 0.333 e. The summed E-state index contributed by atoms with van der Waals surface area (Å²) in [7, 11) is 0. The molecular weight excluding hydrogens is 320 g/mol. The lowest BCUT2D eigenvalue weighted by atomic mass is 9.51. The number of rotatable bonds is 2. The Kier molecular flexibility index (Phi) is 3.48. The SMILES string of the molecule is CC=C(C)C(=O)O[C@@H]1CC[C@H](C)[C@@]2(C)C[C@@]34O[C@]3(C[C@@H]12)OC(=O)[C@@H]4C. The Bertz CT molecular complexity index is 669. The van der Waals surface area contributed by atoms with Crippen molar-refractivity contribution in [3.63, 3.8) is 0 Å². The Balaban J connectivity index is 1.64. The molecule has 0 amide bonds. The third-order valence-electron chi connectivity index (χ3n) is 7.72. The van der Waals surface area contributed by atoms with Gasteiger partial charge in [-0.25, -0.2) is 4.79 Å². The van der Waals surface area contributed by atoms with Crippen LogP contribution in [0.25, 0.3) is 0 Å². The topological polar surface area (TPSA) is 65.1 Å². The third kappa shape index (κ3) is 2.05. The first-order valence-corrected chi connectivity index (χ1v) is 9.46. The van der Waals surface area contributed by atoms with E-state index in [4.69, 9.17) is 14.2 Å². The molecule has 0 aromatic rings. The van der Waals surface area contributed by atoms with E-state index in [0.29, 0.717) is 17.9 Å². The maximum absolute atomic E-state index is 12.3. The van der Waals surface area contributed by atoms with E-state index < -0.39 is 11.4 Å². The van der Waals surface area contributed by atoms with Crippen molar-refractivity contribution in [2.75, 3.05) is 0 Å². The fourth-order valence-electron chi connectivity index (χ4n) is 5.57. The normalized spacial score (nSPS) is 51.1. The van der Waals surface area contributed by atoms with Gasteiger partial charge in [0, 0.05) is 17.9 Å². The van der Waals surface area contributed by atoms with Crippen molar-refractivity contribution < 1.29 is 23.8 Å². The Labute approximate surface area is 149 Å². The van der Waals surface area contributed by atoms with E-state index in [9.17, 15) is 9.59 Å². The Morgan fingerprint density at radius 2 is 2.04 bits per heavy atom. The molecule has 0 radical (unpaired) electrons. The van der Waals surface area contributed by atoms with E-state index >= 15 is 0 Å². The first kappa shape index (κ1) is 17.1. The van der Waals surface area contributed by atoms with Crippen molar-refractivity contribution in [2.24, 2.45) is 23.2 Å². The summed E-state index contributed by atoms with van der Waals surface area (Å²) >= 11 is 0. The number of hydrogen-bond acceptors (Lipinski definition) is 5. The molecular formula is C20H28O5. The van der Waals surface area contributed by atoms with E-state index in [1.165, 1.54) is 0 Å². The molecule has 0 bridgehead atoms. The second kappa shape index (κ2) is 5.09. The molecule has 0 aromatic carbocycles. The van der Waals surface area contributed by atoms with Gasteiger partial charge in [-0.3, -0.25) is 4.79 Å². The summed E-state index contributed by atoms with van der Waals surface area (Å²) in [5, 5.41) is 0. The van der Waals surface area contributed by atoms with E-state index in [-0.39, 0.29) is 35.3 Å². The van der Waals surface area contributed by atoms with Gasteiger partial charge < -0.3 is 14.2 Å². The molecule has 2 saturated heterocycles. The van der Waals surface area contributed by atoms with E-state index in [2.05, 4.69) is 13.8 Å². The molecule has 4 fully saturated rings. The van der Waals surface area contributed by atoms with Gasteiger partial charge in [-0.05, 0) is 51.4 Å². The van der Waals surface area contributed by atoms with Gasteiger partial charge in [0.15, 0.2) is 5.60 Å². The molecule has 0 unspecified atom stereocenters. The maximum atomic E-state index is 12.3. The zero-order chi connectivity index (χ0) is 18.2. The van der Waals surface area contributed by atoms with E-state index in [0.717, 1.165) is 19.3 Å². The van der Waals surface area contributed by atoms with Gasteiger partial charge in [-0.1, -0.05) is 19.9 Å². The highest BCUT2D eigenvalue weighted by Crippen LogP contribution is 2.73. The summed E-state index contributed by atoms with van der Waals surface area (Å²) in [5.74, 6) is -0.740. The summed E-state index contributed by atoms with van der Waals surface area (Å²) < 4.78 is 17.7. The van der Waals surface area contributed by atoms with Crippen molar-refractivity contribution in [1.29, 1.82) is 0 Å². The van der Waals surface area contributed by atoms with Gasteiger partial charge in [0.05, 0.1) is 5.92 Å². The Hall–Kier alpha value is -1.36. The van der Waals surface area contributed by atoms with Crippen molar-refractivity contribution in [3.05, 3.63) is 11.6 Å². The molecule has 2 aliphatic carbocycles. The monoisotopic (exact) mass is 348 g/mol. The third-order valence-corrected chi connectivity index (χ3v) is 7.72. The van der Waals surface area contributed by atoms with Gasteiger partial charge >= 0.3 is 11.9 Å². The number of carbonyl (C=O) groups is 2. The van der Waals surface area contributed by atoms with Crippen LogP contribution in [0, 0.1) is 23.2 Å². The molecule has 5 heteroatoms. The van der Waals surface area contributed by atoms with Crippen LogP contribution in [-0.2, 0) is 23.8 Å². The summed E-state index contributed by atoms with van der Waals surface area (Å²) in [5.41, 5.74) is 0.150. The van der Waals surface area contributed by atoms with Crippen LogP contribution < -0.4 is 0 Å². The minimum Gasteiger partial charge on any atom is -0.459 e. The maximum Gasteiger partial charge on any atom is 0.333 e. The molecule has 4 rings (SSSR count). The minimum absolute atomic E-state index is 0.0186. The zero-order valence-corrected chi connectivity index (χ0v) is 15.8. The van der Waals surface area contributed by atoms with Crippen molar-refractivity contribution in [2.45, 2.75) is 77.8 Å². The fraction of sp³-hybridized carbons (Fsp3) is 0.800. The summed E-state index contributed by atoms with van der Waals surface area (Å²) in [4.78, 5) is 24.5. The molecule has 2 heterocycles. The van der Waals surface area contributed by atoms with Gasteiger partial charge in [0.2, 0.25) is 5.79 Å². The van der Waals surface area contributed by atoms with Gasteiger partial charge in [0.1, 0.15) is 6.10 Å². The summed E-state index contributed by atoms with van der Waals surface area (Å²) in [6, 6.07) is 0. The summed E-state index contributed by atoms with van der Waals surface area (Å²) in [6.45, 7) is 10.1. The van der Waals surface area contributed by atoms with Crippen molar-refractivity contribution in [1.82, 2.24) is 0 Å². The van der Waals surface area contributed by atoms with Crippen LogP contribution in [0.1, 0.15) is 60.3 Å². The average Bonchev–Trinajstić information content (AvgIpc) is 3.16. The van der Waals surface area contributed by atoms with Gasteiger partial charge in [-0.15, -0.1) is 0 Å². The molecule has 2 saturated carbocycles. The van der Waals surface area contributed by atoms with Crippen LogP contribution in [0.15, 0.2) is 11.6 Å². The summed E-state index contributed by atoms with van der Waals surface area (Å²) in [6.07, 6.45) is 4.95. The molecule has 0 N–H and O–H groups in total. The molecule has 138 valence electrons. The molecule has 7 atom stereocenters. The van der Waals surface area contributed by atoms with Crippen LogP contribution in [-0.4, -0.2) is 29.4 Å². The lowest BCUT2D eigenvalue weighted by Gasteiger charge is -2.53. The number of epoxide rings is 1. The molecule has 5 nitrogen and oxygen atoms in total. The second-order valence-corrected chi connectivity index (χ2v) is 8.77. The molecule has 25 heavy (non-hydrogen) atoms. The van der Waals surface area contributed by atoms with Crippen LogP contribution in [0.3, 0.4) is 0 Å². The molecule has 0 aromatic heterocycles. The number of esters is 2. The van der Waals surface area contributed by atoms with Crippen LogP contribution in [0.5, 0.6) is 0 Å². The highest BCUT2D eigenvalue weighted by atomic mass is 16.8. The average molecular weight is 348 g/mol. The molecule has 2 aliphatic heterocycles.